The van der Waals surface area contributed by atoms with Gasteiger partial charge < -0.3 is 9.11 Å². The molecule has 18 heavy (non-hydrogen) atoms. The zero-order valence-electron chi connectivity index (χ0n) is 9.82. The molecule has 0 aliphatic heterocycles. The maximum atomic E-state index is 11.0. The Morgan fingerprint density at radius 1 is 0.667 bits per heavy atom. The summed E-state index contributed by atoms with van der Waals surface area (Å²) >= 11 is 0. The van der Waals surface area contributed by atoms with E-state index < -0.39 is 30.7 Å². The number of hydrogen-bond donors (Lipinski definition) is 0. The van der Waals surface area contributed by atoms with Gasteiger partial charge in [-0.3, -0.25) is 0 Å². The minimum Gasteiger partial charge on any atom is -0.748 e. The molecule has 0 N–H and O–H groups in total. The van der Waals surface area contributed by atoms with Crippen LogP contribution < -0.4 is 0 Å². The Morgan fingerprint density at radius 2 is 1.00 bits per heavy atom. The van der Waals surface area contributed by atoms with E-state index in [4.69, 9.17) is 0 Å². The van der Waals surface area contributed by atoms with Gasteiger partial charge in [0, 0.05) is 10.5 Å². The minimum atomic E-state index is -4.25. The van der Waals surface area contributed by atoms with Crippen molar-refractivity contribution in [3.8, 4) is 0 Å². The fourth-order valence-electron chi connectivity index (χ4n) is 3.33. The van der Waals surface area contributed by atoms with Crippen molar-refractivity contribution in [3.63, 3.8) is 0 Å². The van der Waals surface area contributed by atoms with E-state index in [1.807, 2.05) is 0 Å². The van der Waals surface area contributed by atoms with Crippen LogP contribution >= 0.6 is 0 Å². The lowest BCUT2D eigenvalue weighted by atomic mass is 9.70. The summed E-state index contributed by atoms with van der Waals surface area (Å²) in [7, 11) is -8.50. The number of rotatable bonds is 2. The molecule has 0 saturated heterocycles. The van der Waals surface area contributed by atoms with Crippen molar-refractivity contribution < 1.29 is 25.9 Å². The maximum Gasteiger partial charge on any atom is 0.0975 e. The van der Waals surface area contributed by atoms with E-state index in [0.29, 0.717) is 38.5 Å². The third-order valence-corrected chi connectivity index (χ3v) is 6.82. The molecule has 0 aromatic rings. The Labute approximate surface area is 107 Å². The van der Waals surface area contributed by atoms with Gasteiger partial charge in [0.15, 0.2) is 0 Å². The second kappa shape index (κ2) is 4.73. The van der Waals surface area contributed by atoms with Gasteiger partial charge in [-0.1, -0.05) is 0 Å². The summed E-state index contributed by atoms with van der Waals surface area (Å²) in [6.07, 6.45) is 2.28. The largest absolute Gasteiger partial charge is 0.748 e. The fraction of sp³-hybridized carbons (Fsp3) is 1.00. The third kappa shape index (κ3) is 3.04. The van der Waals surface area contributed by atoms with Crippen LogP contribution in [0.1, 0.15) is 38.5 Å². The molecule has 4 atom stereocenters. The lowest BCUT2D eigenvalue weighted by Crippen LogP contribution is -2.39. The fourth-order valence-corrected chi connectivity index (χ4v) is 5.14. The second-order valence-electron chi connectivity index (χ2n) is 5.38. The van der Waals surface area contributed by atoms with Crippen LogP contribution in [-0.2, 0) is 20.2 Å². The van der Waals surface area contributed by atoms with Crippen LogP contribution in [0.25, 0.3) is 0 Å². The van der Waals surface area contributed by atoms with Gasteiger partial charge in [0.1, 0.15) is 0 Å². The Bertz CT molecular complexity index is 460. The molecule has 2 aliphatic rings. The average Bonchev–Trinajstić information content (AvgIpc) is 2.25. The summed E-state index contributed by atoms with van der Waals surface area (Å²) in [5, 5.41) is -1.67. The molecule has 2 saturated carbocycles. The summed E-state index contributed by atoms with van der Waals surface area (Å²) in [6.45, 7) is 0. The molecule has 0 radical (unpaired) electrons. The minimum absolute atomic E-state index is 0.0745. The summed E-state index contributed by atoms with van der Waals surface area (Å²) in [5.74, 6) is 0.149. The van der Waals surface area contributed by atoms with Gasteiger partial charge in [0.2, 0.25) is 0 Å². The molecule has 0 amide bonds. The highest BCUT2D eigenvalue weighted by Crippen LogP contribution is 2.43. The van der Waals surface area contributed by atoms with Crippen LogP contribution in [0.15, 0.2) is 0 Å². The van der Waals surface area contributed by atoms with Gasteiger partial charge in [-0.25, -0.2) is 16.8 Å². The summed E-state index contributed by atoms with van der Waals surface area (Å²) < 4.78 is 65.9. The van der Waals surface area contributed by atoms with Gasteiger partial charge in [-0.05, 0) is 50.4 Å². The van der Waals surface area contributed by atoms with E-state index in [2.05, 4.69) is 0 Å². The zero-order chi connectivity index (χ0) is 13.6. The normalized spacial score (nSPS) is 38.1. The molecule has 6 nitrogen and oxygen atoms in total. The van der Waals surface area contributed by atoms with Crippen LogP contribution in [0.4, 0.5) is 0 Å². The van der Waals surface area contributed by atoms with Gasteiger partial charge in [0.25, 0.3) is 0 Å². The van der Waals surface area contributed by atoms with Gasteiger partial charge in [-0.2, -0.15) is 0 Å². The first kappa shape index (κ1) is 14.2. The molecular weight excluding hydrogens is 280 g/mol. The Hall–Kier alpha value is -0.180. The van der Waals surface area contributed by atoms with Crippen LogP contribution in [-0.4, -0.2) is 36.4 Å². The molecule has 106 valence electrons. The van der Waals surface area contributed by atoms with Crippen molar-refractivity contribution in [3.05, 3.63) is 0 Å². The highest BCUT2D eigenvalue weighted by atomic mass is 32.2. The molecule has 0 bridgehead atoms. The van der Waals surface area contributed by atoms with Gasteiger partial charge in [-0.15, -0.1) is 0 Å². The van der Waals surface area contributed by atoms with Crippen molar-refractivity contribution in [1.82, 2.24) is 0 Å². The second-order valence-corrected chi connectivity index (χ2v) is 8.68. The molecule has 0 aromatic carbocycles. The van der Waals surface area contributed by atoms with Gasteiger partial charge in [0.05, 0.1) is 20.2 Å². The smallest absolute Gasteiger partial charge is 0.0975 e. The molecule has 0 heterocycles. The highest BCUT2D eigenvalue weighted by molar-refractivity contribution is 7.86. The zero-order valence-corrected chi connectivity index (χ0v) is 11.5. The predicted molar refractivity (Wildman–Crippen MR) is 61.7 cm³/mol. The molecule has 0 aromatic heterocycles. The Balaban J connectivity index is 2.04. The van der Waals surface area contributed by atoms with Crippen molar-refractivity contribution >= 4 is 20.2 Å². The number of fused-ring (bicyclic) bond motifs is 1. The average molecular weight is 296 g/mol. The van der Waals surface area contributed by atoms with E-state index in [1.165, 1.54) is 0 Å². The molecule has 4 unspecified atom stereocenters. The van der Waals surface area contributed by atoms with E-state index in [9.17, 15) is 25.9 Å². The van der Waals surface area contributed by atoms with E-state index in [-0.39, 0.29) is 11.8 Å². The molecule has 2 fully saturated rings. The Kier molecular flexibility index (Phi) is 3.74. The van der Waals surface area contributed by atoms with Crippen LogP contribution in [0, 0.1) is 11.8 Å². The molecule has 2 aliphatic carbocycles. The Morgan fingerprint density at radius 3 is 1.28 bits per heavy atom. The van der Waals surface area contributed by atoms with Crippen molar-refractivity contribution in [1.29, 1.82) is 0 Å². The summed E-state index contributed by atoms with van der Waals surface area (Å²) in [4.78, 5) is 0. The first-order valence-electron chi connectivity index (χ1n) is 6.07. The molecular formula is C10H16O6S2-2. The van der Waals surface area contributed by atoms with Crippen molar-refractivity contribution in [2.75, 3.05) is 0 Å². The van der Waals surface area contributed by atoms with Crippen LogP contribution in [0.5, 0.6) is 0 Å². The predicted octanol–water partition coefficient (Wildman–Crippen LogP) is 0.414. The van der Waals surface area contributed by atoms with E-state index in [1.54, 1.807) is 0 Å². The summed E-state index contributed by atoms with van der Waals surface area (Å²) in [6, 6.07) is 0. The maximum absolute atomic E-state index is 11.0. The van der Waals surface area contributed by atoms with Crippen LogP contribution in [0.2, 0.25) is 0 Å². The van der Waals surface area contributed by atoms with E-state index >= 15 is 0 Å². The lowest BCUT2D eigenvalue weighted by Gasteiger charge is -2.42. The standard InChI is InChI=1S/C10H18O6S2/c11-17(12,13)9-3-1-7-5-10(18(14,15)16)4-2-8(7)6-9/h7-10H,1-6H2,(H,11,12,13)(H,14,15,16)/p-2. The molecule has 8 heteroatoms. The van der Waals surface area contributed by atoms with Crippen molar-refractivity contribution in [2.45, 2.75) is 49.0 Å². The van der Waals surface area contributed by atoms with E-state index in [0.717, 1.165) is 0 Å². The van der Waals surface area contributed by atoms with Gasteiger partial charge >= 0.3 is 0 Å². The first-order valence-corrected chi connectivity index (χ1v) is 9.01. The molecule has 2 rings (SSSR count). The van der Waals surface area contributed by atoms with Crippen molar-refractivity contribution in [2.24, 2.45) is 11.8 Å². The topological polar surface area (TPSA) is 114 Å². The quantitative estimate of drug-likeness (QED) is 0.682. The molecule has 0 spiro atoms. The summed E-state index contributed by atoms with van der Waals surface area (Å²) in [5.41, 5.74) is 0. The monoisotopic (exact) mass is 296 g/mol. The third-order valence-electron chi connectivity index (χ3n) is 4.33. The SMILES string of the molecule is O=S(=O)([O-])C1CCC2CC(S(=O)(=O)[O-])CCC2C1. The first-order chi connectivity index (χ1) is 8.18. The number of hydrogen-bond acceptors (Lipinski definition) is 6. The van der Waals surface area contributed by atoms with Crippen LogP contribution in [0.3, 0.4) is 0 Å². The lowest BCUT2D eigenvalue weighted by molar-refractivity contribution is 0.168. The highest BCUT2D eigenvalue weighted by Gasteiger charge is 2.38.